The Bertz CT molecular complexity index is 774. The number of benzene rings is 1. The molecule has 2 aromatic rings. The van der Waals surface area contributed by atoms with E-state index in [2.05, 4.69) is 10.4 Å². The number of hydrogen-bond acceptors (Lipinski definition) is 3. The third kappa shape index (κ3) is 3.50. The van der Waals surface area contributed by atoms with Crippen LogP contribution in [0.15, 0.2) is 29.1 Å². The van der Waals surface area contributed by atoms with E-state index in [0.29, 0.717) is 23.0 Å². The van der Waals surface area contributed by atoms with Gasteiger partial charge in [0.2, 0.25) is 0 Å². The molecule has 0 aliphatic heterocycles. The molecule has 1 aliphatic rings. The first-order chi connectivity index (χ1) is 11.7. The van der Waals surface area contributed by atoms with Crippen molar-refractivity contribution in [3.8, 4) is 0 Å². The van der Waals surface area contributed by atoms with Crippen LogP contribution in [0.1, 0.15) is 62.4 Å². The Morgan fingerprint density at radius 3 is 2.42 bits per heavy atom. The van der Waals surface area contributed by atoms with Crippen molar-refractivity contribution in [3.63, 3.8) is 0 Å². The quantitative estimate of drug-likeness (QED) is 0.941. The molecule has 0 saturated heterocycles. The molecule has 0 spiro atoms. The number of nitrogens with one attached hydrogen (secondary N) is 1. The van der Waals surface area contributed by atoms with Crippen molar-refractivity contribution in [2.75, 3.05) is 0 Å². The van der Waals surface area contributed by atoms with E-state index < -0.39 is 0 Å². The zero-order chi connectivity index (χ0) is 16.9. The SMILES string of the molecule is CCn1nc(C(=O)NC2CCCCCCC2)c2ccccc2c1=O. The lowest BCUT2D eigenvalue weighted by molar-refractivity contribution is 0.0925. The van der Waals surface area contributed by atoms with Crippen molar-refractivity contribution >= 4 is 16.7 Å². The van der Waals surface area contributed by atoms with E-state index in [1.165, 1.54) is 23.9 Å². The first-order valence-corrected chi connectivity index (χ1v) is 9.01. The van der Waals surface area contributed by atoms with Crippen LogP contribution < -0.4 is 10.9 Å². The molecule has 5 nitrogen and oxygen atoms in total. The maximum atomic E-state index is 12.8. The summed E-state index contributed by atoms with van der Waals surface area (Å²) in [4.78, 5) is 25.2. The molecule has 0 bridgehead atoms. The van der Waals surface area contributed by atoms with Crippen molar-refractivity contribution in [3.05, 3.63) is 40.3 Å². The van der Waals surface area contributed by atoms with Crippen LogP contribution in [0.4, 0.5) is 0 Å². The maximum absolute atomic E-state index is 12.8. The summed E-state index contributed by atoms with van der Waals surface area (Å²) in [7, 11) is 0. The molecule has 5 heteroatoms. The summed E-state index contributed by atoms with van der Waals surface area (Å²) in [6, 6.07) is 7.43. The predicted molar refractivity (Wildman–Crippen MR) is 95.3 cm³/mol. The van der Waals surface area contributed by atoms with E-state index >= 15 is 0 Å². The fourth-order valence-corrected chi connectivity index (χ4v) is 3.47. The number of hydrogen-bond donors (Lipinski definition) is 1. The van der Waals surface area contributed by atoms with Crippen molar-refractivity contribution < 1.29 is 4.79 Å². The molecule has 1 saturated carbocycles. The number of aromatic nitrogens is 2. The summed E-state index contributed by atoms with van der Waals surface area (Å²) < 4.78 is 1.37. The zero-order valence-electron chi connectivity index (χ0n) is 14.3. The molecular formula is C19H25N3O2. The van der Waals surface area contributed by atoms with E-state index in [1.807, 2.05) is 19.1 Å². The van der Waals surface area contributed by atoms with Crippen molar-refractivity contribution in [2.45, 2.75) is 64.5 Å². The van der Waals surface area contributed by atoms with Gasteiger partial charge < -0.3 is 5.32 Å². The Morgan fingerprint density at radius 1 is 1.12 bits per heavy atom. The van der Waals surface area contributed by atoms with Gasteiger partial charge in [-0.25, -0.2) is 4.68 Å². The number of rotatable bonds is 3. The molecule has 1 aromatic heterocycles. The van der Waals surface area contributed by atoms with Crippen LogP contribution >= 0.6 is 0 Å². The van der Waals surface area contributed by atoms with Gasteiger partial charge >= 0.3 is 0 Å². The van der Waals surface area contributed by atoms with Gasteiger partial charge in [0.05, 0.1) is 5.39 Å². The van der Waals surface area contributed by atoms with E-state index in [4.69, 9.17) is 0 Å². The molecule has 128 valence electrons. The van der Waals surface area contributed by atoms with Gasteiger partial charge in [0.25, 0.3) is 11.5 Å². The summed E-state index contributed by atoms with van der Waals surface area (Å²) >= 11 is 0. The second kappa shape index (κ2) is 7.60. The van der Waals surface area contributed by atoms with Crippen molar-refractivity contribution in [1.29, 1.82) is 0 Å². The standard InChI is InChI=1S/C19H25N3O2/c1-2-22-19(24)16-13-9-8-12-15(16)17(21-22)18(23)20-14-10-6-4-3-5-7-11-14/h8-9,12-14H,2-7,10-11H2,1H3,(H,20,23). The van der Waals surface area contributed by atoms with Gasteiger partial charge in [-0.3, -0.25) is 9.59 Å². The van der Waals surface area contributed by atoms with Crippen molar-refractivity contribution in [1.82, 2.24) is 15.1 Å². The highest BCUT2D eigenvalue weighted by molar-refractivity contribution is 6.04. The number of carbonyl (C=O) groups excluding carboxylic acids is 1. The van der Waals surface area contributed by atoms with Gasteiger partial charge in [-0.15, -0.1) is 0 Å². The number of nitrogens with zero attached hydrogens (tertiary/aromatic N) is 2. The topological polar surface area (TPSA) is 64.0 Å². The third-order valence-electron chi connectivity index (χ3n) is 4.82. The lowest BCUT2D eigenvalue weighted by Crippen LogP contribution is -2.37. The van der Waals surface area contributed by atoms with Crippen LogP contribution in [0.2, 0.25) is 0 Å². The monoisotopic (exact) mass is 327 g/mol. The van der Waals surface area contributed by atoms with Gasteiger partial charge in [0.15, 0.2) is 5.69 Å². The van der Waals surface area contributed by atoms with E-state index in [0.717, 1.165) is 25.7 Å². The Kier molecular flexibility index (Phi) is 5.28. The summed E-state index contributed by atoms with van der Waals surface area (Å²) in [5, 5.41) is 8.66. The average molecular weight is 327 g/mol. The highest BCUT2D eigenvalue weighted by Crippen LogP contribution is 2.18. The third-order valence-corrected chi connectivity index (χ3v) is 4.82. The normalized spacial score (nSPS) is 16.5. The highest BCUT2D eigenvalue weighted by atomic mass is 16.2. The van der Waals surface area contributed by atoms with Crippen LogP contribution in [0, 0.1) is 0 Å². The van der Waals surface area contributed by atoms with Crippen LogP contribution in [0.5, 0.6) is 0 Å². The minimum atomic E-state index is -0.168. The Labute approximate surface area is 142 Å². The lowest BCUT2D eigenvalue weighted by atomic mass is 9.96. The van der Waals surface area contributed by atoms with Crippen LogP contribution in [-0.2, 0) is 6.54 Å². The Balaban J connectivity index is 1.91. The summed E-state index contributed by atoms with van der Waals surface area (Å²) in [5.41, 5.74) is 0.213. The zero-order valence-corrected chi connectivity index (χ0v) is 14.3. The van der Waals surface area contributed by atoms with E-state index in [9.17, 15) is 9.59 Å². The van der Waals surface area contributed by atoms with E-state index in [1.54, 1.807) is 12.1 Å². The van der Waals surface area contributed by atoms with Gasteiger partial charge in [-0.2, -0.15) is 5.10 Å². The molecule has 1 aromatic carbocycles. The molecular weight excluding hydrogens is 302 g/mol. The Hall–Kier alpha value is -2.17. The molecule has 0 atom stereocenters. The summed E-state index contributed by atoms with van der Waals surface area (Å²) in [6.07, 6.45) is 8.16. The van der Waals surface area contributed by atoms with Crippen LogP contribution in [0.25, 0.3) is 10.8 Å². The fourth-order valence-electron chi connectivity index (χ4n) is 3.47. The second-order valence-corrected chi connectivity index (χ2v) is 6.53. The van der Waals surface area contributed by atoms with Crippen LogP contribution in [-0.4, -0.2) is 21.7 Å². The van der Waals surface area contributed by atoms with Gasteiger partial charge in [-0.05, 0) is 25.8 Å². The van der Waals surface area contributed by atoms with E-state index in [-0.39, 0.29) is 17.5 Å². The molecule has 1 amide bonds. The molecule has 3 rings (SSSR count). The number of aryl methyl sites for hydroxylation is 1. The number of amides is 1. The molecule has 0 unspecified atom stereocenters. The predicted octanol–water partition coefficient (Wildman–Crippen LogP) is 3.26. The largest absolute Gasteiger partial charge is 0.348 e. The number of carbonyl (C=O) groups is 1. The smallest absolute Gasteiger partial charge is 0.274 e. The highest BCUT2D eigenvalue weighted by Gasteiger charge is 2.20. The van der Waals surface area contributed by atoms with Gasteiger partial charge in [0, 0.05) is 18.0 Å². The maximum Gasteiger partial charge on any atom is 0.274 e. The minimum absolute atomic E-state index is 0.143. The summed E-state index contributed by atoms with van der Waals surface area (Å²) in [5.74, 6) is -0.168. The first-order valence-electron chi connectivity index (χ1n) is 9.01. The van der Waals surface area contributed by atoms with Gasteiger partial charge in [0.1, 0.15) is 0 Å². The van der Waals surface area contributed by atoms with Gasteiger partial charge in [-0.1, -0.05) is 50.3 Å². The molecule has 1 N–H and O–H groups in total. The summed E-state index contributed by atoms with van der Waals surface area (Å²) in [6.45, 7) is 2.31. The average Bonchev–Trinajstić information content (AvgIpc) is 2.57. The second-order valence-electron chi connectivity index (χ2n) is 6.53. The molecule has 0 radical (unpaired) electrons. The minimum Gasteiger partial charge on any atom is -0.348 e. The van der Waals surface area contributed by atoms with Crippen LogP contribution in [0.3, 0.4) is 0 Å². The number of fused-ring (bicyclic) bond motifs is 1. The molecule has 24 heavy (non-hydrogen) atoms. The van der Waals surface area contributed by atoms with Crippen molar-refractivity contribution in [2.24, 2.45) is 0 Å². The molecule has 1 heterocycles. The molecule has 1 aliphatic carbocycles. The fraction of sp³-hybridized carbons (Fsp3) is 0.526. The molecule has 1 fully saturated rings. The Morgan fingerprint density at radius 2 is 1.75 bits per heavy atom. The lowest BCUT2D eigenvalue weighted by Gasteiger charge is -2.21. The first kappa shape index (κ1) is 16.7.